The van der Waals surface area contributed by atoms with Crippen LogP contribution in [0, 0.1) is 6.92 Å². The molecule has 0 fully saturated rings. The minimum atomic E-state index is -0.644. The van der Waals surface area contributed by atoms with Crippen LogP contribution < -0.4 is 0 Å². The molecule has 3 heteroatoms. The zero-order valence-electron chi connectivity index (χ0n) is 10.4. The maximum atomic E-state index is 9.74. The highest BCUT2D eigenvalue weighted by Crippen LogP contribution is 2.18. The summed E-state index contributed by atoms with van der Waals surface area (Å²) in [5.74, 6) is 0. The first-order valence-electron chi connectivity index (χ1n) is 5.44. The number of benzene rings is 1. The fourth-order valence-corrected chi connectivity index (χ4v) is 2.23. The topological polar surface area (TPSA) is 23.5 Å². The van der Waals surface area contributed by atoms with E-state index in [1.165, 1.54) is 11.1 Å². The Labute approximate surface area is 106 Å². The standard InChI is InChI=1S/C13H20BrNO/c1-10-5-6-12(14)7-11(10)8-15(4)9-13(2,3)16/h5-7,16H,8-9H2,1-4H3. The number of aryl methyl sites for hydroxylation is 1. The monoisotopic (exact) mass is 285 g/mol. The Morgan fingerprint density at radius 1 is 1.38 bits per heavy atom. The summed E-state index contributed by atoms with van der Waals surface area (Å²) >= 11 is 3.48. The van der Waals surface area contributed by atoms with Gasteiger partial charge in [0.25, 0.3) is 0 Å². The largest absolute Gasteiger partial charge is 0.389 e. The summed E-state index contributed by atoms with van der Waals surface area (Å²) in [6, 6.07) is 6.29. The van der Waals surface area contributed by atoms with Crippen LogP contribution in [0.5, 0.6) is 0 Å². The van der Waals surface area contributed by atoms with Gasteiger partial charge in [-0.2, -0.15) is 0 Å². The molecular formula is C13H20BrNO. The summed E-state index contributed by atoms with van der Waals surface area (Å²) < 4.78 is 1.10. The molecule has 0 aromatic heterocycles. The normalized spacial score (nSPS) is 12.2. The fraction of sp³-hybridized carbons (Fsp3) is 0.538. The van der Waals surface area contributed by atoms with Gasteiger partial charge in [0.15, 0.2) is 0 Å². The molecule has 0 heterocycles. The molecule has 0 radical (unpaired) electrons. The molecule has 1 rings (SSSR count). The van der Waals surface area contributed by atoms with Crippen LogP contribution in [0.3, 0.4) is 0 Å². The summed E-state index contributed by atoms with van der Waals surface area (Å²) in [5, 5.41) is 9.74. The van der Waals surface area contributed by atoms with Gasteiger partial charge < -0.3 is 5.11 Å². The second kappa shape index (κ2) is 5.30. The fourth-order valence-electron chi connectivity index (χ4n) is 1.82. The zero-order chi connectivity index (χ0) is 12.3. The van der Waals surface area contributed by atoms with E-state index in [4.69, 9.17) is 0 Å². The molecule has 0 aliphatic heterocycles. The van der Waals surface area contributed by atoms with Gasteiger partial charge in [0.2, 0.25) is 0 Å². The molecule has 0 aliphatic carbocycles. The lowest BCUT2D eigenvalue weighted by atomic mass is 10.1. The van der Waals surface area contributed by atoms with Crippen molar-refractivity contribution in [3.8, 4) is 0 Å². The Kier molecular flexibility index (Phi) is 4.53. The predicted octanol–water partition coefficient (Wildman–Crippen LogP) is 2.96. The maximum absolute atomic E-state index is 9.74. The Hall–Kier alpha value is -0.380. The van der Waals surface area contributed by atoms with Crippen LogP contribution in [0.4, 0.5) is 0 Å². The molecule has 1 aromatic rings. The van der Waals surface area contributed by atoms with Crippen molar-refractivity contribution in [2.45, 2.75) is 32.9 Å². The van der Waals surface area contributed by atoms with Crippen molar-refractivity contribution < 1.29 is 5.11 Å². The molecule has 0 atom stereocenters. The number of rotatable bonds is 4. The van der Waals surface area contributed by atoms with E-state index in [9.17, 15) is 5.11 Å². The van der Waals surface area contributed by atoms with E-state index in [-0.39, 0.29) is 0 Å². The van der Waals surface area contributed by atoms with Crippen LogP contribution in [0.15, 0.2) is 22.7 Å². The van der Waals surface area contributed by atoms with Crippen molar-refractivity contribution in [1.82, 2.24) is 4.90 Å². The van der Waals surface area contributed by atoms with Crippen molar-refractivity contribution in [3.63, 3.8) is 0 Å². The SMILES string of the molecule is Cc1ccc(Br)cc1CN(C)CC(C)(C)O. The van der Waals surface area contributed by atoms with E-state index in [1.807, 2.05) is 20.9 Å². The molecule has 0 unspecified atom stereocenters. The van der Waals surface area contributed by atoms with Gasteiger partial charge in [-0.3, -0.25) is 4.90 Å². The molecule has 2 nitrogen and oxygen atoms in total. The molecule has 16 heavy (non-hydrogen) atoms. The van der Waals surface area contributed by atoms with Gasteiger partial charge in [-0.1, -0.05) is 22.0 Å². The molecule has 0 saturated heterocycles. The summed E-state index contributed by atoms with van der Waals surface area (Å²) in [6.45, 7) is 7.29. The maximum Gasteiger partial charge on any atom is 0.0718 e. The van der Waals surface area contributed by atoms with E-state index in [0.717, 1.165) is 11.0 Å². The van der Waals surface area contributed by atoms with Crippen LogP contribution in [-0.2, 0) is 6.54 Å². The Morgan fingerprint density at radius 2 is 2.00 bits per heavy atom. The van der Waals surface area contributed by atoms with Crippen molar-refractivity contribution >= 4 is 15.9 Å². The third kappa shape index (κ3) is 4.64. The summed E-state index contributed by atoms with van der Waals surface area (Å²) in [7, 11) is 2.03. The minimum absolute atomic E-state index is 0.644. The van der Waals surface area contributed by atoms with E-state index < -0.39 is 5.60 Å². The van der Waals surface area contributed by atoms with E-state index in [0.29, 0.717) is 6.54 Å². The highest BCUT2D eigenvalue weighted by atomic mass is 79.9. The smallest absolute Gasteiger partial charge is 0.0718 e. The zero-order valence-corrected chi connectivity index (χ0v) is 12.0. The molecular weight excluding hydrogens is 266 g/mol. The van der Waals surface area contributed by atoms with E-state index in [2.05, 4.69) is 46.0 Å². The quantitative estimate of drug-likeness (QED) is 0.920. The van der Waals surface area contributed by atoms with Crippen LogP contribution in [0.25, 0.3) is 0 Å². The van der Waals surface area contributed by atoms with Gasteiger partial charge in [-0.25, -0.2) is 0 Å². The van der Waals surface area contributed by atoms with Gasteiger partial charge in [0.1, 0.15) is 0 Å². The van der Waals surface area contributed by atoms with Crippen molar-refractivity contribution in [2.24, 2.45) is 0 Å². The summed E-state index contributed by atoms with van der Waals surface area (Å²) in [4.78, 5) is 2.13. The van der Waals surface area contributed by atoms with Crippen molar-refractivity contribution in [3.05, 3.63) is 33.8 Å². The number of aliphatic hydroxyl groups is 1. The highest BCUT2D eigenvalue weighted by Gasteiger charge is 2.16. The van der Waals surface area contributed by atoms with Crippen LogP contribution in [0.1, 0.15) is 25.0 Å². The third-order valence-electron chi connectivity index (χ3n) is 2.41. The van der Waals surface area contributed by atoms with Gasteiger partial charge in [0.05, 0.1) is 5.60 Å². The predicted molar refractivity (Wildman–Crippen MR) is 71.5 cm³/mol. The second-order valence-electron chi connectivity index (χ2n) is 5.06. The first kappa shape index (κ1) is 13.7. The molecule has 0 spiro atoms. The van der Waals surface area contributed by atoms with Crippen molar-refractivity contribution in [2.75, 3.05) is 13.6 Å². The average Bonchev–Trinajstić information content (AvgIpc) is 2.08. The van der Waals surface area contributed by atoms with E-state index >= 15 is 0 Å². The molecule has 1 N–H and O–H groups in total. The number of likely N-dealkylation sites (N-methyl/N-ethyl adjacent to an activating group) is 1. The Balaban J connectivity index is 2.69. The number of nitrogens with zero attached hydrogens (tertiary/aromatic N) is 1. The molecule has 0 amide bonds. The molecule has 1 aromatic carbocycles. The number of hydrogen-bond donors (Lipinski definition) is 1. The van der Waals surface area contributed by atoms with E-state index in [1.54, 1.807) is 0 Å². The van der Waals surface area contributed by atoms with Gasteiger partial charge >= 0.3 is 0 Å². The van der Waals surface area contributed by atoms with Crippen LogP contribution in [0.2, 0.25) is 0 Å². The lowest BCUT2D eigenvalue weighted by Crippen LogP contribution is -2.35. The first-order chi connectivity index (χ1) is 7.28. The highest BCUT2D eigenvalue weighted by molar-refractivity contribution is 9.10. The summed E-state index contributed by atoms with van der Waals surface area (Å²) in [5.41, 5.74) is 1.93. The number of halogens is 1. The lowest BCUT2D eigenvalue weighted by Gasteiger charge is -2.26. The summed E-state index contributed by atoms with van der Waals surface area (Å²) in [6.07, 6.45) is 0. The lowest BCUT2D eigenvalue weighted by molar-refractivity contribution is 0.0424. The Morgan fingerprint density at radius 3 is 2.56 bits per heavy atom. The van der Waals surface area contributed by atoms with Crippen LogP contribution >= 0.6 is 15.9 Å². The Bertz CT molecular complexity index is 357. The molecule has 0 aliphatic rings. The van der Waals surface area contributed by atoms with Gasteiger partial charge in [-0.05, 0) is 51.1 Å². The second-order valence-corrected chi connectivity index (χ2v) is 5.97. The molecule has 0 bridgehead atoms. The first-order valence-corrected chi connectivity index (χ1v) is 6.23. The average molecular weight is 286 g/mol. The van der Waals surface area contributed by atoms with Gasteiger partial charge in [-0.15, -0.1) is 0 Å². The minimum Gasteiger partial charge on any atom is -0.389 e. The molecule has 90 valence electrons. The number of hydrogen-bond acceptors (Lipinski definition) is 2. The molecule has 0 saturated carbocycles. The van der Waals surface area contributed by atoms with Crippen LogP contribution in [-0.4, -0.2) is 29.2 Å². The van der Waals surface area contributed by atoms with Gasteiger partial charge in [0, 0.05) is 17.6 Å². The third-order valence-corrected chi connectivity index (χ3v) is 2.90. The van der Waals surface area contributed by atoms with Crippen molar-refractivity contribution in [1.29, 1.82) is 0 Å².